The van der Waals surface area contributed by atoms with Gasteiger partial charge in [0.25, 0.3) is 0 Å². The summed E-state index contributed by atoms with van der Waals surface area (Å²) in [5, 5.41) is 0. The molecule has 0 aromatic heterocycles. The molecule has 2 heterocycles. The number of nitrogens with zero attached hydrogens (tertiary/aromatic N) is 3. The van der Waals surface area contributed by atoms with Crippen molar-refractivity contribution >= 4 is 17.1 Å². The topological polar surface area (TPSA) is 18.8 Å². The molecule has 1 aromatic carbocycles. The molecule has 3 heteroatoms. The molecule has 5 rings (SSSR count). The van der Waals surface area contributed by atoms with E-state index >= 15 is 0 Å². The Morgan fingerprint density at radius 3 is 2.58 bits per heavy atom. The summed E-state index contributed by atoms with van der Waals surface area (Å²) >= 11 is 0. The highest BCUT2D eigenvalue weighted by Gasteiger charge is 2.50. The van der Waals surface area contributed by atoms with Gasteiger partial charge in [-0.2, -0.15) is 0 Å². The van der Waals surface area contributed by atoms with Crippen LogP contribution in [0.3, 0.4) is 0 Å². The molecule has 2 saturated carbocycles. The van der Waals surface area contributed by atoms with Crippen LogP contribution in [0.4, 0.5) is 11.4 Å². The Hall–Kier alpha value is -1.35. The van der Waals surface area contributed by atoms with Crippen molar-refractivity contribution in [3.63, 3.8) is 0 Å². The molecule has 1 aromatic rings. The summed E-state index contributed by atoms with van der Waals surface area (Å²) in [7, 11) is 0. The molecule has 4 aliphatic rings. The molecule has 0 N–H and O–H groups in total. The Morgan fingerprint density at radius 1 is 0.923 bits per heavy atom. The summed E-state index contributed by atoms with van der Waals surface area (Å²) in [6, 6.07) is 8.98. The lowest BCUT2D eigenvalue weighted by molar-refractivity contribution is 0.220. The number of benzene rings is 1. The fraction of sp³-hybridized carbons (Fsp3) is 0.696. The number of hydrogen-bond donors (Lipinski definition) is 0. The normalized spacial score (nSPS) is 27.9. The predicted octanol–water partition coefficient (Wildman–Crippen LogP) is 5.18. The van der Waals surface area contributed by atoms with Crippen molar-refractivity contribution in [3.8, 4) is 0 Å². The number of hydrogen-bond acceptors (Lipinski definition) is 3. The van der Waals surface area contributed by atoms with Crippen molar-refractivity contribution in [1.29, 1.82) is 0 Å². The van der Waals surface area contributed by atoms with Gasteiger partial charge in [-0.15, -0.1) is 0 Å². The van der Waals surface area contributed by atoms with Crippen LogP contribution >= 0.6 is 0 Å². The second kappa shape index (κ2) is 6.99. The van der Waals surface area contributed by atoms with Gasteiger partial charge in [-0.05, 0) is 70.2 Å². The van der Waals surface area contributed by atoms with Crippen LogP contribution in [0.15, 0.2) is 29.3 Å². The first-order valence-electron chi connectivity index (χ1n) is 11.0. The summed E-state index contributed by atoms with van der Waals surface area (Å²) in [5.41, 5.74) is 4.50. The first kappa shape index (κ1) is 16.8. The Kier molecular flexibility index (Phi) is 4.52. The van der Waals surface area contributed by atoms with E-state index in [0.717, 1.165) is 0 Å². The lowest BCUT2D eigenvalue weighted by atomic mass is 9.78. The molecule has 140 valence electrons. The first-order chi connectivity index (χ1) is 12.9. The van der Waals surface area contributed by atoms with Gasteiger partial charge in [0.1, 0.15) is 0 Å². The van der Waals surface area contributed by atoms with Gasteiger partial charge in [0, 0.05) is 30.3 Å². The Bertz CT molecular complexity index is 668. The number of fused-ring (bicyclic) bond motifs is 3. The van der Waals surface area contributed by atoms with E-state index in [-0.39, 0.29) is 0 Å². The fourth-order valence-corrected chi connectivity index (χ4v) is 6.28. The molecule has 3 fully saturated rings. The van der Waals surface area contributed by atoms with Gasteiger partial charge in [0.15, 0.2) is 0 Å². The fourth-order valence-electron chi connectivity index (χ4n) is 6.28. The largest absolute Gasteiger partial charge is 0.362 e. The highest BCUT2D eigenvalue weighted by molar-refractivity contribution is 5.95. The predicted molar refractivity (Wildman–Crippen MR) is 110 cm³/mol. The van der Waals surface area contributed by atoms with Crippen LogP contribution < -0.4 is 4.90 Å². The zero-order valence-corrected chi connectivity index (χ0v) is 16.1. The minimum atomic E-state index is 0.345. The van der Waals surface area contributed by atoms with E-state index < -0.39 is 0 Å². The van der Waals surface area contributed by atoms with E-state index in [4.69, 9.17) is 4.99 Å². The van der Waals surface area contributed by atoms with Gasteiger partial charge in [-0.25, -0.2) is 0 Å². The number of rotatable bonds is 3. The molecule has 1 saturated heterocycles. The Labute approximate surface area is 158 Å². The molecular weight excluding hydrogens is 318 g/mol. The third-order valence-electron chi connectivity index (χ3n) is 7.51. The molecule has 1 unspecified atom stereocenters. The van der Waals surface area contributed by atoms with E-state index in [0.29, 0.717) is 11.5 Å². The second-order valence-corrected chi connectivity index (χ2v) is 8.90. The number of likely N-dealkylation sites (tertiary alicyclic amines) is 1. The minimum absolute atomic E-state index is 0.345. The molecule has 2 aliphatic carbocycles. The van der Waals surface area contributed by atoms with Gasteiger partial charge in [-0.1, -0.05) is 31.4 Å². The lowest BCUT2D eigenvalue weighted by Crippen LogP contribution is -2.55. The van der Waals surface area contributed by atoms with Crippen LogP contribution in [0.2, 0.25) is 0 Å². The van der Waals surface area contributed by atoms with E-state index in [1.54, 1.807) is 0 Å². The summed E-state index contributed by atoms with van der Waals surface area (Å²) in [5.74, 6) is 0.693. The molecule has 0 radical (unpaired) electrons. The molecule has 2 aliphatic heterocycles. The quantitative estimate of drug-likeness (QED) is 0.747. The average Bonchev–Trinajstić information content (AvgIpc) is 3.32. The highest BCUT2D eigenvalue weighted by Crippen LogP contribution is 2.52. The molecule has 1 spiro atoms. The number of aliphatic imine (C=N–C) groups is 1. The second-order valence-electron chi connectivity index (χ2n) is 8.90. The molecule has 0 amide bonds. The SMILES string of the molecule is c1ccc2c(c1)N=C1CCCC1C1(CCCC1)N2CCN1CCCCC1. The summed E-state index contributed by atoms with van der Waals surface area (Å²) in [4.78, 5) is 10.8. The average molecular weight is 352 g/mol. The maximum absolute atomic E-state index is 5.23. The Balaban J connectivity index is 1.51. The number of piperidine rings is 1. The van der Waals surface area contributed by atoms with Crippen LogP contribution in [-0.4, -0.2) is 42.3 Å². The van der Waals surface area contributed by atoms with Crippen LogP contribution in [0.25, 0.3) is 0 Å². The van der Waals surface area contributed by atoms with Crippen molar-refractivity contribution in [3.05, 3.63) is 24.3 Å². The van der Waals surface area contributed by atoms with Crippen molar-refractivity contribution in [1.82, 2.24) is 4.90 Å². The van der Waals surface area contributed by atoms with Crippen molar-refractivity contribution < 1.29 is 0 Å². The minimum Gasteiger partial charge on any atom is -0.362 e. The lowest BCUT2D eigenvalue weighted by Gasteiger charge is -2.47. The molecule has 1 atom stereocenters. The van der Waals surface area contributed by atoms with Gasteiger partial charge in [-0.3, -0.25) is 4.99 Å². The Morgan fingerprint density at radius 2 is 1.73 bits per heavy atom. The maximum atomic E-state index is 5.23. The van der Waals surface area contributed by atoms with Gasteiger partial charge in [0.2, 0.25) is 0 Å². The number of para-hydroxylation sites is 2. The smallest absolute Gasteiger partial charge is 0.0862 e. The van der Waals surface area contributed by atoms with Crippen LogP contribution in [0, 0.1) is 5.92 Å². The molecule has 3 nitrogen and oxygen atoms in total. The van der Waals surface area contributed by atoms with E-state index in [2.05, 4.69) is 34.1 Å². The summed E-state index contributed by atoms with van der Waals surface area (Å²) in [6.07, 6.45) is 13.6. The third kappa shape index (κ3) is 2.79. The maximum Gasteiger partial charge on any atom is 0.0862 e. The summed E-state index contributed by atoms with van der Waals surface area (Å²) in [6.45, 7) is 5.00. The number of anilines is 1. The monoisotopic (exact) mass is 351 g/mol. The van der Waals surface area contributed by atoms with Gasteiger partial charge in [0.05, 0.1) is 11.4 Å². The van der Waals surface area contributed by atoms with Crippen molar-refractivity contribution in [2.24, 2.45) is 10.9 Å². The highest BCUT2D eigenvalue weighted by atomic mass is 15.3. The van der Waals surface area contributed by atoms with Gasteiger partial charge >= 0.3 is 0 Å². The molecular formula is C23H33N3. The molecule has 0 bridgehead atoms. The first-order valence-corrected chi connectivity index (χ1v) is 11.0. The molecule has 26 heavy (non-hydrogen) atoms. The van der Waals surface area contributed by atoms with E-state index in [1.165, 1.54) is 107 Å². The van der Waals surface area contributed by atoms with E-state index in [1.807, 2.05) is 0 Å². The summed E-state index contributed by atoms with van der Waals surface area (Å²) < 4.78 is 0. The van der Waals surface area contributed by atoms with Crippen molar-refractivity contribution in [2.75, 3.05) is 31.1 Å². The zero-order valence-electron chi connectivity index (χ0n) is 16.1. The van der Waals surface area contributed by atoms with Crippen LogP contribution in [0.5, 0.6) is 0 Å². The van der Waals surface area contributed by atoms with Gasteiger partial charge < -0.3 is 9.80 Å². The third-order valence-corrected chi connectivity index (χ3v) is 7.51. The van der Waals surface area contributed by atoms with Crippen molar-refractivity contribution in [2.45, 2.75) is 69.7 Å². The van der Waals surface area contributed by atoms with E-state index in [9.17, 15) is 0 Å². The standard InChI is InChI=1S/C23H33N3/c1-6-15-25(16-7-1)17-18-26-22-12-3-2-10-21(22)24-20-11-8-9-19(20)23(26)13-4-5-14-23/h2-3,10,12,19H,1,4-9,11,13-18H2. The van der Waals surface area contributed by atoms with Crippen LogP contribution in [0.1, 0.15) is 64.2 Å². The zero-order chi connectivity index (χ0) is 17.4. The van der Waals surface area contributed by atoms with Crippen LogP contribution in [-0.2, 0) is 0 Å².